The lowest BCUT2D eigenvalue weighted by molar-refractivity contribution is 0.0726. The third-order valence-electron chi connectivity index (χ3n) is 5.36. The van der Waals surface area contributed by atoms with Crippen molar-refractivity contribution in [3.8, 4) is 11.3 Å². The Kier molecular flexibility index (Phi) is 6.27. The van der Waals surface area contributed by atoms with Crippen LogP contribution in [-0.2, 0) is 6.54 Å². The fourth-order valence-electron chi connectivity index (χ4n) is 3.74. The van der Waals surface area contributed by atoms with Crippen LogP contribution in [0.1, 0.15) is 28.8 Å². The molecule has 0 aliphatic carbocycles. The van der Waals surface area contributed by atoms with E-state index in [2.05, 4.69) is 27.2 Å². The van der Waals surface area contributed by atoms with Gasteiger partial charge in [-0.05, 0) is 37.6 Å². The zero-order chi connectivity index (χ0) is 19.9. The van der Waals surface area contributed by atoms with Crippen molar-refractivity contribution < 1.29 is 4.79 Å². The first-order chi connectivity index (χ1) is 14.3. The number of hydrogen-bond donors (Lipinski definition) is 0. The van der Waals surface area contributed by atoms with Crippen LogP contribution in [-0.4, -0.2) is 52.1 Å². The summed E-state index contributed by atoms with van der Waals surface area (Å²) >= 11 is 0. The number of benzene rings is 2. The predicted octanol–water partition coefficient (Wildman–Crippen LogP) is 3.88. The molecular formula is C24H26N4O. The molecule has 1 aliphatic heterocycles. The van der Waals surface area contributed by atoms with Gasteiger partial charge in [-0.3, -0.25) is 4.79 Å². The zero-order valence-electron chi connectivity index (χ0n) is 16.6. The van der Waals surface area contributed by atoms with Gasteiger partial charge >= 0.3 is 0 Å². The maximum Gasteiger partial charge on any atom is 0.255 e. The van der Waals surface area contributed by atoms with E-state index in [1.165, 1.54) is 12.8 Å². The highest BCUT2D eigenvalue weighted by molar-refractivity contribution is 5.94. The minimum atomic E-state index is 0.000121. The summed E-state index contributed by atoms with van der Waals surface area (Å²) in [4.78, 5) is 17.7. The summed E-state index contributed by atoms with van der Waals surface area (Å²) < 4.78 is 0. The Morgan fingerprint density at radius 2 is 1.66 bits per heavy atom. The van der Waals surface area contributed by atoms with Crippen LogP contribution in [0.5, 0.6) is 0 Å². The van der Waals surface area contributed by atoms with Crippen molar-refractivity contribution in [3.63, 3.8) is 0 Å². The molecular weight excluding hydrogens is 360 g/mol. The van der Waals surface area contributed by atoms with Crippen molar-refractivity contribution in [2.75, 3.05) is 26.2 Å². The van der Waals surface area contributed by atoms with Gasteiger partial charge in [-0.25, -0.2) is 0 Å². The van der Waals surface area contributed by atoms with Gasteiger partial charge in [0.25, 0.3) is 5.91 Å². The first-order valence-electron chi connectivity index (χ1n) is 10.2. The molecule has 2 aromatic carbocycles. The van der Waals surface area contributed by atoms with Crippen molar-refractivity contribution in [2.24, 2.45) is 0 Å². The second-order valence-corrected chi connectivity index (χ2v) is 7.46. The van der Waals surface area contributed by atoms with Gasteiger partial charge in [0.05, 0.1) is 17.5 Å². The molecule has 1 fully saturated rings. The molecule has 29 heavy (non-hydrogen) atoms. The molecule has 0 spiro atoms. The quantitative estimate of drug-likeness (QED) is 0.618. The molecule has 0 bridgehead atoms. The topological polar surface area (TPSA) is 49.3 Å². The molecule has 5 nitrogen and oxygen atoms in total. The maximum atomic E-state index is 13.4. The average Bonchev–Trinajstić information content (AvgIpc) is 3.31. The molecule has 2 heterocycles. The Bertz CT molecular complexity index is 924. The summed E-state index contributed by atoms with van der Waals surface area (Å²) in [6.07, 6.45) is 4.07. The number of likely N-dealkylation sites (tertiary alicyclic amines) is 1. The van der Waals surface area contributed by atoms with E-state index in [0.29, 0.717) is 18.7 Å². The summed E-state index contributed by atoms with van der Waals surface area (Å²) in [7, 11) is 0. The van der Waals surface area contributed by atoms with Gasteiger partial charge in [0.15, 0.2) is 0 Å². The minimum absolute atomic E-state index is 0.000121. The van der Waals surface area contributed by atoms with Gasteiger partial charge < -0.3 is 9.80 Å². The van der Waals surface area contributed by atoms with Crippen molar-refractivity contribution in [3.05, 3.63) is 84.1 Å². The van der Waals surface area contributed by atoms with Crippen LogP contribution in [0.3, 0.4) is 0 Å². The minimum Gasteiger partial charge on any atom is -0.333 e. The highest BCUT2D eigenvalue weighted by Gasteiger charge is 2.20. The van der Waals surface area contributed by atoms with E-state index in [1.54, 1.807) is 6.20 Å². The Labute approximate surface area is 172 Å². The number of amides is 1. The molecule has 1 saturated heterocycles. The van der Waals surface area contributed by atoms with Crippen LogP contribution in [0, 0.1) is 0 Å². The van der Waals surface area contributed by atoms with Crippen LogP contribution in [0.2, 0.25) is 0 Å². The number of rotatable bonds is 7. The van der Waals surface area contributed by atoms with Crippen LogP contribution in [0.25, 0.3) is 11.3 Å². The number of aromatic nitrogens is 2. The summed E-state index contributed by atoms with van der Waals surface area (Å²) in [6, 6.07) is 21.9. The average molecular weight is 386 g/mol. The van der Waals surface area contributed by atoms with Gasteiger partial charge in [-0.15, -0.1) is 0 Å². The lowest BCUT2D eigenvalue weighted by Gasteiger charge is -2.26. The summed E-state index contributed by atoms with van der Waals surface area (Å²) in [5.41, 5.74) is 3.39. The molecule has 3 aromatic rings. The molecule has 4 rings (SSSR count). The van der Waals surface area contributed by atoms with E-state index in [4.69, 9.17) is 0 Å². The first kappa shape index (κ1) is 19.3. The zero-order valence-corrected chi connectivity index (χ0v) is 16.6. The van der Waals surface area contributed by atoms with E-state index in [1.807, 2.05) is 59.5 Å². The number of carbonyl (C=O) groups excluding carboxylic acids is 1. The summed E-state index contributed by atoms with van der Waals surface area (Å²) in [5, 5.41) is 8.32. The van der Waals surface area contributed by atoms with E-state index in [0.717, 1.165) is 36.5 Å². The van der Waals surface area contributed by atoms with Crippen molar-refractivity contribution >= 4 is 5.91 Å². The van der Waals surface area contributed by atoms with Crippen LogP contribution < -0.4 is 0 Å². The number of carbonyl (C=O) groups is 1. The molecule has 148 valence electrons. The Morgan fingerprint density at radius 1 is 0.966 bits per heavy atom. The van der Waals surface area contributed by atoms with Crippen molar-refractivity contribution in [1.82, 2.24) is 20.0 Å². The number of hydrogen-bond acceptors (Lipinski definition) is 4. The fourth-order valence-corrected chi connectivity index (χ4v) is 3.74. The molecule has 1 amide bonds. The summed E-state index contributed by atoms with van der Waals surface area (Å²) in [5.74, 6) is 0.000121. The lowest BCUT2D eigenvalue weighted by Crippen LogP contribution is -2.37. The Morgan fingerprint density at radius 3 is 2.38 bits per heavy atom. The van der Waals surface area contributed by atoms with Gasteiger partial charge in [-0.2, -0.15) is 10.2 Å². The fraction of sp³-hybridized carbons (Fsp3) is 0.292. The third-order valence-corrected chi connectivity index (χ3v) is 5.36. The predicted molar refractivity (Wildman–Crippen MR) is 114 cm³/mol. The first-order valence-corrected chi connectivity index (χ1v) is 10.2. The molecule has 5 heteroatoms. The molecule has 0 unspecified atom stereocenters. The largest absolute Gasteiger partial charge is 0.333 e. The monoisotopic (exact) mass is 386 g/mol. The highest BCUT2D eigenvalue weighted by atomic mass is 16.2. The van der Waals surface area contributed by atoms with Gasteiger partial charge in [0.2, 0.25) is 0 Å². The second-order valence-electron chi connectivity index (χ2n) is 7.46. The number of nitrogens with zero attached hydrogens (tertiary/aromatic N) is 4. The van der Waals surface area contributed by atoms with E-state index >= 15 is 0 Å². The third kappa shape index (κ3) is 5.06. The van der Waals surface area contributed by atoms with Crippen LogP contribution in [0.4, 0.5) is 0 Å². The van der Waals surface area contributed by atoms with Crippen LogP contribution >= 0.6 is 0 Å². The SMILES string of the molecule is O=C(c1cnnc(-c2ccccc2)c1)N(CCN1CCCC1)Cc1ccccc1. The molecule has 0 N–H and O–H groups in total. The smallest absolute Gasteiger partial charge is 0.255 e. The van der Waals surface area contributed by atoms with Gasteiger partial charge in [-0.1, -0.05) is 60.7 Å². The summed E-state index contributed by atoms with van der Waals surface area (Å²) in [6.45, 7) is 4.46. The second kappa shape index (κ2) is 9.43. The van der Waals surface area contributed by atoms with Crippen molar-refractivity contribution in [1.29, 1.82) is 0 Å². The standard InChI is InChI=1S/C24H26N4O/c29-24(22-17-23(26-25-18-22)21-11-5-2-6-12-21)28(16-15-27-13-7-8-14-27)19-20-9-3-1-4-10-20/h1-6,9-12,17-18H,7-8,13-16,19H2. The van der Waals surface area contributed by atoms with E-state index < -0.39 is 0 Å². The van der Waals surface area contributed by atoms with E-state index in [-0.39, 0.29) is 5.91 Å². The molecule has 0 saturated carbocycles. The highest BCUT2D eigenvalue weighted by Crippen LogP contribution is 2.18. The molecule has 1 aliphatic rings. The molecule has 0 radical (unpaired) electrons. The maximum absolute atomic E-state index is 13.4. The Balaban J connectivity index is 1.55. The normalized spacial score (nSPS) is 14.1. The lowest BCUT2D eigenvalue weighted by atomic mass is 10.1. The van der Waals surface area contributed by atoms with E-state index in [9.17, 15) is 4.79 Å². The molecule has 1 aromatic heterocycles. The van der Waals surface area contributed by atoms with Gasteiger partial charge in [0.1, 0.15) is 0 Å². The van der Waals surface area contributed by atoms with Gasteiger partial charge in [0, 0.05) is 25.2 Å². The Hall–Kier alpha value is -3.05. The molecule has 0 atom stereocenters. The van der Waals surface area contributed by atoms with Crippen LogP contribution in [0.15, 0.2) is 72.9 Å². The van der Waals surface area contributed by atoms with Crippen molar-refractivity contribution in [2.45, 2.75) is 19.4 Å².